The number of unbranched alkanes of at least 4 members (excludes halogenated alkanes) is 1. The van der Waals surface area contributed by atoms with Crippen LogP contribution >= 0.6 is 0 Å². The predicted octanol–water partition coefficient (Wildman–Crippen LogP) is 4.30. The Morgan fingerprint density at radius 3 is 2.31 bits per heavy atom. The first-order valence-corrected chi connectivity index (χ1v) is 9.83. The van der Waals surface area contributed by atoms with Crippen molar-refractivity contribution >= 4 is 5.91 Å². The number of rotatable bonds is 12. The molecule has 3 N–H and O–H groups in total. The van der Waals surface area contributed by atoms with Crippen LogP contribution in [0.25, 0.3) is 0 Å². The van der Waals surface area contributed by atoms with Gasteiger partial charge in [-0.1, -0.05) is 45.2 Å². The zero-order valence-corrected chi connectivity index (χ0v) is 16.7. The number of benzene rings is 1. The summed E-state index contributed by atoms with van der Waals surface area (Å²) in [7, 11) is 0. The molecular weight excluding hydrogens is 331 g/mol. The number of hydrogen-bond acceptors (Lipinski definition) is 3. The molecule has 0 aromatic heterocycles. The summed E-state index contributed by atoms with van der Waals surface area (Å²) in [6, 6.07) is 3.58. The van der Waals surface area contributed by atoms with Crippen LogP contribution in [0.4, 0.5) is 4.39 Å². The summed E-state index contributed by atoms with van der Waals surface area (Å²) in [4.78, 5) is 12.0. The second kappa shape index (κ2) is 12.0. The molecule has 0 aliphatic rings. The first-order valence-electron chi connectivity index (χ1n) is 9.83. The fourth-order valence-corrected chi connectivity index (χ4v) is 3.38. The summed E-state index contributed by atoms with van der Waals surface area (Å²) in [6.07, 6.45) is 5.51. The summed E-state index contributed by atoms with van der Waals surface area (Å²) in [5, 5.41) is 12.5. The van der Waals surface area contributed by atoms with Crippen LogP contribution in [-0.4, -0.2) is 24.2 Å². The Labute approximate surface area is 157 Å². The molecular formula is C21H35FN2O2. The van der Waals surface area contributed by atoms with Crippen molar-refractivity contribution < 1.29 is 14.4 Å². The smallest absolute Gasteiger partial charge is 0.246 e. The van der Waals surface area contributed by atoms with Gasteiger partial charge in [0.05, 0.1) is 0 Å². The number of amides is 1. The number of hydroxylamine groups is 1. The molecule has 1 atom stereocenters. The van der Waals surface area contributed by atoms with E-state index in [-0.39, 0.29) is 17.6 Å². The molecule has 0 saturated heterocycles. The predicted molar refractivity (Wildman–Crippen MR) is 104 cm³/mol. The number of aryl methyl sites for hydroxylation is 2. The molecule has 1 amide bonds. The van der Waals surface area contributed by atoms with Gasteiger partial charge >= 0.3 is 0 Å². The SMILES string of the molecule is CCC(CC)CNCCCC[C@@H](Cc1cc(C)c(F)c(C)c1)C(=O)NO. The zero-order valence-electron chi connectivity index (χ0n) is 16.7. The first kappa shape index (κ1) is 22.6. The van der Waals surface area contributed by atoms with Crippen LogP contribution < -0.4 is 10.8 Å². The fraction of sp³-hybridized carbons (Fsp3) is 0.667. The van der Waals surface area contributed by atoms with Gasteiger partial charge in [-0.2, -0.15) is 0 Å². The van der Waals surface area contributed by atoms with E-state index in [0.29, 0.717) is 24.0 Å². The van der Waals surface area contributed by atoms with Crippen LogP contribution in [0.3, 0.4) is 0 Å². The van der Waals surface area contributed by atoms with Gasteiger partial charge in [-0.25, -0.2) is 9.87 Å². The molecule has 0 fully saturated rings. The zero-order chi connectivity index (χ0) is 19.5. The van der Waals surface area contributed by atoms with Gasteiger partial charge in [-0.3, -0.25) is 10.0 Å². The summed E-state index contributed by atoms with van der Waals surface area (Å²) in [5.41, 5.74) is 3.89. The Morgan fingerprint density at radius 2 is 1.77 bits per heavy atom. The highest BCUT2D eigenvalue weighted by atomic mass is 19.1. The third kappa shape index (κ3) is 7.42. The summed E-state index contributed by atoms with van der Waals surface area (Å²) >= 11 is 0. The maximum atomic E-state index is 13.8. The third-order valence-corrected chi connectivity index (χ3v) is 5.20. The molecule has 0 heterocycles. The van der Waals surface area contributed by atoms with E-state index >= 15 is 0 Å². The van der Waals surface area contributed by atoms with E-state index in [9.17, 15) is 9.18 Å². The van der Waals surface area contributed by atoms with E-state index in [1.165, 1.54) is 12.8 Å². The molecule has 5 heteroatoms. The molecule has 4 nitrogen and oxygen atoms in total. The highest BCUT2D eigenvalue weighted by molar-refractivity contribution is 5.77. The standard InChI is InChI=1S/C21H35FN2O2/c1-5-17(6-2)14-23-10-8-7-9-19(21(25)24-26)13-18-11-15(3)20(22)16(4)12-18/h11-12,17,19,23,26H,5-10,13-14H2,1-4H3,(H,24,25)/t19-/m0/s1. The average molecular weight is 367 g/mol. The highest BCUT2D eigenvalue weighted by Crippen LogP contribution is 2.20. The van der Waals surface area contributed by atoms with Gasteiger partial charge in [-0.15, -0.1) is 0 Å². The Hall–Kier alpha value is -1.46. The quantitative estimate of drug-likeness (QED) is 0.294. The van der Waals surface area contributed by atoms with Crippen LogP contribution in [0.1, 0.15) is 62.6 Å². The molecule has 1 rings (SSSR count). The van der Waals surface area contributed by atoms with Gasteiger partial charge < -0.3 is 5.32 Å². The van der Waals surface area contributed by atoms with E-state index in [4.69, 9.17) is 5.21 Å². The number of hydrogen-bond donors (Lipinski definition) is 3. The normalized spacial score (nSPS) is 12.4. The van der Waals surface area contributed by atoms with Gasteiger partial charge in [-0.05, 0) is 68.8 Å². The van der Waals surface area contributed by atoms with E-state index < -0.39 is 0 Å². The Bertz CT molecular complexity index is 536. The van der Waals surface area contributed by atoms with Crippen molar-refractivity contribution in [3.05, 3.63) is 34.6 Å². The second-order valence-electron chi connectivity index (χ2n) is 7.30. The molecule has 0 aliphatic carbocycles. The monoisotopic (exact) mass is 366 g/mol. The minimum absolute atomic E-state index is 0.194. The van der Waals surface area contributed by atoms with Crippen molar-refractivity contribution in [2.24, 2.45) is 11.8 Å². The lowest BCUT2D eigenvalue weighted by molar-refractivity contribution is -0.133. The number of nitrogens with one attached hydrogen (secondary N) is 2. The van der Waals surface area contributed by atoms with E-state index in [1.54, 1.807) is 31.5 Å². The lowest BCUT2D eigenvalue weighted by Gasteiger charge is -2.17. The van der Waals surface area contributed by atoms with Gasteiger partial charge in [0, 0.05) is 5.92 Å². The molecule has 26 heavy (non-hydrogen) atoms. The molecule has 0 radical (unpaired) electrons. The van der Waals surface area contributed by atoms with Gasteiger partial charge in [0.15, 0.2) is 0 Å². The molecule has 0 aliphatic heterocycles. The van der Waals surface area contributed by atoms with E-state index in [2.05, 4.69) is 19.2 Å². The van der Waals surface area contributed by atoms with Crippen LogP contribution in [0.2, 0.25) is 0 Å². The summed E-state index contributed by atoms with van der Waals surface area (Å²) in [6.45, 7) is 9.89. The Morgan fingerprint density at radius 1 is 1.15 bits per heavy atom. The van der Waals surface area contributed by atoms with Gasteiger partial charge in [0.25, 0.3) is 0 Å². The molecule has 0 saturated carbocycles. The molecule has 0 bridgehead atoms. The Kier molecular flexibility index (Phi) is 10.4. The fourth-order valence-electron chi connectivity index (χ4n) is 3.38. The summed E-state index contributed by atoms with van der Waals surface area (Å²) in [5.74, 6) is -0.133. The lowest BCUT2D eigenvalue weighted by Crippen LogP contribution is -2.29. The molecule has 1 aromatic carbocycles. The average Bonchev–Trinajstić information content (AvgIpc) is 2.63. The van der Waals surface area contributed by atoms with E-state index in [0.717, 1.165) is 37.4 Å². The van der Waals surface area contributed by atoms with Crippen molar-refractivity contribution in [3.63, 3.8) is 0 Å². The number of carbonyl (C=O) groups is 1. The van der Waals surface area contributed by atoms with Crippen molar-refractivity contribution in [2.75, 3.05) is 13.1 Å². The Balaban J connectivity index is 2.49. The topological polar surface area (TPSA) is 61.4 Å². The third-order valence-electron chi connectivity index (χ3n) is 5.20. The largest absolute Gasteiger partial charge is 0.316 e. The van der Waals surface area contributed by atoms with Crippen molar-refractivity contribution in [1.82, 2.24) is 10.8 Å². The van der Waals surface area contributed by atoms with Crippen LogP contribution in [0.15, 0.2) is 12.1 Å². The molecule has 0 spiro atoms. The highest BCUT2D eigenvalue weighted by Gasteiger charge is 2.19. The van der Waals surface area contributed by atoms with Crippen molar-refractivity contribution in [1.29, 1.82) is 0 Å². The minimum Gasteiger partial charge on any atom is -0.316 e. The maximum Gasteiger partial charge on any atom is 0.246 e. The summed E-state index contributed by atoms with van der Waals surface area (Å²) < 4.78 is 13.8. The number of carbonyl (C=O) groups excluding carboxylic acids is 1. The van der Waals surface area contributed by atoms with Gasteiger partial charge in [0.1, 0.15) is 5.82 Å². The molecule has 1 aromatic rings. The van der Waals surface area contributed by atoms with E-state index in [1.807, 2.05) is 0 Å². The molecule has 0 unspecified atom stereocenters. The van der Waals surface area contributed by atoms with Crippen molar-refractivity contribution in [3.8, 4) is 0 Å². The van der Waals surface area contributed by atoms with Crippen molar-refractivity contribution in [2.45, 2.75) is 66.2 Å². The van der Waals surface area contributed by atoms with Crippen LogP contribution in [0, 0.1) is 31.5 Å². The maximum absolute atomic E-state index is 13.8. The first-order chi connectivity index (χ1) is 12.4. The van der Waals surface area contributed by atoms with Gasteiger partial charge in [0.2, 0.25) is 5.91 Å². The second-order valence-corrected chi connectivity index (χ2v) is 7.30. The molecule has 148 valence electrons. The van der Waals surface area contributed by atoms with Crippen LogP contribution in [0.5, 0.6) is 0 Å². The lowest BCUT2D eigenvalue weighted by atomic mass is 9.91. The number of halogens is 1. The van der Waals surface area contributed by atoms with Crippen LogP contribution in [-0.2, 0) is 11.2 Å². The minimum atomic E-state index is -0.366.